The van der Waals surface area contributed by atoms with Gasteiger partial charge in [-0.05, 0) is 12.1 Å². The van der Waals surface area contributed by atoms with Crippen molar-refractivity contribution >= 4 is 34.1 Å². The molecular weight excluding hydrogens is 382 g/mol. The summed E-state index contributed by atoms with van der Waals surface area (Å²) in [7, 11) is 1.60. The number of nitrogens with zero attached hydrogens (tertiary/aromatic N) is 5. The normalized spacial score (nSPS) is 14.5. The summed E-state index contributed by atoms with van der Waals surface area (Å²) in [6.07, 6.45) is 4.76. The number of benzene rings is 1. The van der Waals surface area contributed by atoms with Crippen LogP contribution < -0.4 is 14.4 Å². The fourth-order valence-corrected chi connectivity index (χ4v) is 3.61. The summed E-state index contributed by atoms with van der Waals surface area (Å²) in [6, 6.07) is 7.45. The summed E-state index contributed by atoms with van der Waals surface area (Å²) < 4.78 is 7.86. The van der Waals surface area contributed by atoms with Crippen molar-refractivity contribution in [3.8, 4) is 5.75 Å². The van der Waals surface area contributed by atoms with Crippen LogP contribution in [-0.4, -0.2) is 59.1 Å². The fraction of sp³-hybridized carbons (Fsp3) is 0.316. The second-order valence-electron chi connectivity index (χ2n) is 6.65. The van der Waals surface area contributed by atoms with Crippen LogP contribution in [0.25, 0.3) is 10.9 Å². The van der Waals surface area contributed by atoms with E-state index < -0.39 is 0 Å². The molecule has 1 aliphatic heterocycles. The quantitative estimate of drug-likeness (QED) is 0.529. The SMILES string of the molecule is COc1cc(N2CCN(C(=O)Cn3ncc4cc[n+](O)cc43)CC2)ccc1Cl. The molecule has 1 aromatic carbocycles. The Bertz CT molecular complexity index is 1010. The van der Waals surface area contributed by atoms with Gasteiger partial charge in [0.05, 0.1) is 18.3 Å². The molecule has 8 nitrogen and oxygen atoms in total. The van der Waals surface area contributed by atoms with Gasteiger partial charge in [-0.15, -0.1) is 0 Å². The maximum atomic E-state index is 12.7. The van der Waals surface area contributed by atoms with E-state index in [1.54, 1.807) is 30.3 Å². The number of amides is 1. The highest BCUT2D eigenvalue weighted by atomic mass is 35.5. The van der Waals surface area contributed by atoms with Gasteiger partial charge in [0.1, 0.15) is 17.8 Å². The van der Waals surface area contributed by atoms with E-state index in [-0.39, 0.29) is 12.5 Å². The summed E-state index contributed by atoms with van der Waals surface area (Å²) in [4.78, 5) is 16.8. The molecule has 0 atom stereocenters. The minimum Gasteiger partial charge on any atom is -0.495 e. The van der Waals surface area contributed by atoms with Gasteiger partial charge < -0.3 is 14.5 Å². The van der Waals surface area contributed by atoms with Crippen LogP contribution in [0.5, 0.6) is 5.75 Å². The first-order chi connectivity index (χ1) is 13.5. The Kier molecular flexibility index (Phi) is 4.95. The van der Waals surface area contributed by atoms with Gasteiger partial charge in [-0.3, -0.25) is 10.0 Å². The molecule has 3 aromatic rings. The number of methoxy groups -OCH3 is 1. The first-order valence-corrected chi connectivity index (χ1v) is 9.35. The second-order valence-corrected chi connectivity index (χ2v) is 7.06. The van der Waals surface area contributed by atoms with Crippen molar-refractivity contribution < 1.29 is 19.5 Å². The minimum atomic E-state index is 0.00618. The Balaban J connectivity index is 1.40. The largest absolute Gasteiger partial charge is 0.495 e. The van der Waals surface area contributed by atoms with Crippen LogP contribution >= 0.6 is 11.6 Å². The van der Waals surface area contributed by atoms with E-state index in [0.717, 1.165) is 28.9 Å². The van der Waals surface area contributed by atoms with Crippen molar-refractivity contribution in [3.63, 3.8) is 0 Å². The number of carbonyl (C=O) groups is 1. The molecule has 0 unspecified atom stereocenters. The number of aromatic nitrogens is 3. The molecule has 0 aliphatic carbocycles. The molecule has 1 amide bonds. The first-order valence-electron chi connectivity index (χ1n) is 8.97. The highest BCUT2D eigenvalue weighted by Crippen LogP contribution is 2.29. The lowest BCUT2D eigenvalue weighted by Crippen LogP contribution is -2.49. The van der Waals surface area contributed by atoms with Crippen LogP contribution in [-0.2, 0) is 11.3 Å². The number of hydrogen-bond donors (Lipinski definition) is 1. The number of fused-ring (bicyclic) bond motifs is 1. The molecule has 0 saturated carbocycles. The molecular formula is C19H21ClN5O3+. The third-order valence-corrected chi connectivity index (χ3v) is 5.30. The number of rotatable bonds is 4. The van der Waals surface area contributed by atoms with E-state index in [9.17, 15) is 10.0 Å². The third-order valence-electron chi connectivity index (χ3n) is 4.99. The van der Waals surface area contributed by atoms with Crippen LogP contribution in [0.1, 0.15) is 0 Å². The van der Waals surface area contributed by atoms with E-state index in [1.807, 2.05) is 23.1 Å². The zero-order valence-corrected chi connectivity index (χ0v) is 16.2. The van der Waals surface area contributed by atoms with E-state index in [0.29, 0.717) is 29.4 Å². The lowest BCUT2D eigenvalue weighted by Gasteiger charge is -2.36. The first kappa shape index (κ1) is 18.4. The predicted molar refractivity (Wildman–Crippen MR) is 104 cm³/mol. The van der Waals surface area contributed by atoms with Gasteiger partial charge in [-0.2, -0.15) is 5.10 Å². The zero-order valence-electron chi connectivity index (χ0n) is 15.5. The second kappa shape index (κ2) is 7.55. The van der Waals surface area contributed by atoms with Crippen molar-refractivity contribution in [2.75, 3.05) is 38.2 Å². The number of anilines is 1. The minimum absolute atomic E-state index is 0.00618. The van der Waals surface area contributed by atoms with Gasteiger partial charge in [0.2, 0.25) is 18.3 Å². The molecule has 1 fully saturated rings. The lowest BCUT2D eigenvalue weighted by molar-refractivity contribution is -0.904. The smallest absolute Gasteiger partial charge is 0.248 e. The molecule has 146 valence electrons. The van der Waals surface area contributed by atoms with E-state index in [4.69, 9.17) is 16.3 Å². The molecule has 0 spiro atoms. The Hall–Kier alpha value is -3.00. The molecule has 9 heteroatoms. The zero-order chi connectivity index (χ0) is 19.7. The maximum absolute atomic E-state index is 12.7. The van der Waals surface area contributed by atoms with Crippen LogP contribution in [0.4, 0.5) is 5.69 Å². The van der Waals surface area contributed by atoms with E-state index >= 15 is 0 Å². The fourth-order valence-electron chi connectivity index (χ4n) is 3.42. The number of piperazine rings is 1. The Labute approximate surface area is 167 Å². The van der Waals surface area contributed by atoms with Crippen molar-refractivity contribution in [1.29, 1.82) is 0 Å². The Morgan fingerprint density at radius 3 is 2.82 bits per heavy atom. The summed E-state index contributed by atoms with van der Waals surface area (Å²) in [5.74, 6) is 0.649. The van der Waals surface area contributed by atoms with Crippen LogP contribution in [0.2, 0.25) is 5.02 Å². The predicted octanol–water partition coefficient (Wildman–Crippen LogP) is 1.57. The highest BCUT2D eigenvalue weighted by Gasteiger charge is 2.23. The summed E-state index contributed by atoms with van der Waals surface area (Å²) in [5.41, 5.74) is 1.74. The Morgan fingerprint density at radius 2 is 2.07 bits per heavy atom. The average molecular weight is 403 g/mol. The Morgan fingerprint density at radius 1 is 1.29 bits per heavy atom. The third kappa shape index (κ3) is 3.55. The molecule has 0 bridgehead atoms. The van der Waals surface area contributed by atoms with Gasteiger partial charge in [0, 0.05) is 54.1 Å². The van der Waals surface area contributed by atoms with Crippen LogP contribution in [0.3, 0.4) is 0 Å². The number of halogens is 1. The van der Waals surface area contributed by atoms with Gasteiger partial charge in [0.25, 0.3) is 0 Å². The van der Waals surface area contributed by atoms with Crippen molar-refractivity contribution in [2.24, 2.45) is 0 Å². The highest BCUT2D eigenvalue weighted by molar-refractivity contribution is 6.32. The van der Waals surface area contributed by atoms with Crippen molar-refractivity contribution in [1.82, 2.24) is 14.7 Å². The molecule has 1 N–H and O–H groups in total. The monoisotopic (exact) mass is 402 g/mol. The topological polar surface area (TPSA) is 74.7 Å². The molecule has 0 radical (unpaired) electrons. The van der Waals surface area contributed by atoms with Crippen molar-refractivity contribution in [3.05, 3.63) is 47.9 Å². The van der Waals surface area contributed by atoms with Gasteiger partial charge >= 0.3 is 0 Å². The molecule has 3 heterocycles. The average Bonchev–Trinajstić information content (AvgIpc) is 3.10. The number of carbonyl (C=O) groups excluding carboxylic acids is 1. The summed E-state index contributed by atoms with van der Waals surface area (Å²) in [5, 5.41) is 15.3. The number of pyridine rings is 1. The lowest BCUT2D eigenvalue weighted by atomic mass is 10.2. The summed E-state index contributed by atoms with van der Waals surface area (Å²) in [6.45, 7) is 2.86. The standard InChI is InChI=1S/C19H21ClN5O3/c1-28-18-10-15(2-3-16(18)20)22-6-8-23(9-7-22)19(26)13-25-17-12-24(27)5-4-14(17)11-21-25/h2-5,10-12,27H,6-9,13H2,1H3/q+1. The van der Waals surface area contributed by atoms with Gasteiger partial charge in [-0.25, -0.2) is 4.68 Å². The molecule has 4 rings (SSSR count). The van der Waals surface area contributed by atoms with Crippen molar-refractivity contribution in [2.45, 2.75) is 6.54 Å². The van der Waals surface area contributed by atoms with E-state index in [1.165, 1.54) is 6.20 Å². The number of hydrogen-bond acceptors (Lipinski definition) is 5. The maximum Gasteiger partial charge on any atom is 0.248 e. The molecule has 2 aromatic heterocycles. The van der Waals surface area contributed by atoms with E-state index in [2.05, 4.69) is 10.00 Å². The molecule has 1 saturated heterocycles. The number of ether oxygens (including phenoxy) is 1. The molecule has 28 heavy (non-hydrogen) atoms. The summed E-state index contributed by atoms with van der Waals surface area (Å²) >= 11 is 6.10. The van der Waals surface area contributed by atoms with Crippen LogP contribution in [0.15, 0.2) is 42.9 Å². The van der Waals surface area contributed by atoms with Crippen LogP contribution in [0, 0.1) is 0 Å². The van der Waals surface area contributed by atoms with Gasteiger partial charge in [0.15, 0.2) is 0 Å². The van der Waals surface area contributed by atoms with Gasteiger partial charge in [-0.1, -0.05) is 11.6 Å². The molecule has 1 aliphatic rings.